The van der Waals surface area contributed by atoms with Crippen LogP contribution in [0.5, 0.6) is 0 Å². The smallest absolute Gasteiger partial charge is 0.330 e. The molecule has 0 spiro atoms. The van der Waals surface area contributed by atoms with Crippen molar-refractivity contribution in [1.29, 1.82) is 0 Å². The summed E-state index contributed by atoms with van der Waals surface area (Å²) in [7, 11) is -3.95. The first kappa shape index (κ1) is 19.1. The zero-order valence-electron chi connectivity index (χ0n) is 15.1. The first-order valence-corrected chi connectivity index (χ1v) is 9.97. The first-order valence-electron chi connectivity index (χ1n) is 8.53. The molecule has 0 fully saturated rings. The molecule has 142 valence electrons. The fourth-order valence-corrected chi connectivity index (χ4v) is 4.75. The molecule has 0 bridgehead atoms. The minimum atomic E-state index is -3.95. The van der Waals surface area contributed by atoms with Gasteiger partial charge in [-0.2, -0.15) is 0 Å². The number of fused-ring (bicyclic) bond motifs is 1. The zero-order valence-corrected chi connectivity index (χ0v) is 15.9. The number of aromatic nitrogens is 1. The van der Waals surface area contributed by atoms with Crippen LogP contribution in [0, 0.1) is 0 Å². The normalized spacial score (nSPS) is 20.2. The Kier molecular flexibility index (Phi) is 5.06. The molecule has 3 rings (SSSR count). The third-order valence-corrected chi connectivity index (χ3v) is 6.77. The number of nitrogens with zero attached hydrogens (tertiary/aromatic N) is 1. The maximum absolute atomic E-state index is 13.8. The van der Waals surface area contributed by atoms with E-state index in [2.05, 4.69) is 0 Å². The highest BCUT2D eigenvalue weighted by molar-refractivity contribution is 7.91. The summed E-state index contributed by atoms with van der Waals surface area (Å²) in [5.41, 5.74) is 1.02. The van der Waals surface area contributed by atoms with E-state index in [4.69, 9.17) is 4.74 Å². The number of allylic oxidation sites excluding steroid dienone is 3. The molecule has 2 aromatic rings. The van der Waals surface area contributed by atoms with E-state index in [-0.39, 0.29) is 13.0 Å². The summed E-state index contributed by atoms with van der Waals surface area (Å²) in [5.74, 6) is -1.09. The molecule has 5 nitrogen and oxygen atoms in total. The second-order valence-corrected chi connectivity index (χ2v) is 8.71. The van der Waals surface area contributed by atoms with Gasteiger partial charge in [0.15, 0.2) is 0 Å². The molecule has 1 aromatic heterocycles. The Labute approximate surface area is 157 Å². The van der Waals surface area contributed by atoms with Crippen LogP contribution in [0.15, 0.2) is 60.6 Å². The highest BCUT2D eigenvalue weighted by atomic mass is 32.2. The van der Waals surface area contributed by atoms with E-state index in [1.165, 1.54) is 37.4 Å². The second-order valence-electron chi connectivity index (χ2n) is 6.44. The zero-order chi connectivity index (χ0) is 19.7. The monoisotopic (exact) mass is 389 g/mol. The predicted octanol–water partition coefficient (Wildman–Crippen LogP) is 3.97. The molecule has 1 atom stereocenters. The number of esters is 1. The lowest BCUT2D eigenvalue weighted by molar-refractivity contribution is -0.137. The number of carbonyl (C=O) groups excluding carboxylic acids is 1. The van der Waals surface area contributed by atoms with Crippen LogP contribution in [-0.2, 0) is 19.6 Å². The van der Waals surface area contributed by atoms with Gasteiger partial charge in [-0.1, -0.05) is 24.3 Å². The van der Waals surface area contributed by atoms with E-state index >= 15 is 0 Å². The maximum Gasteiger partial charge on any atom is 0.330 e. The van der Waals surface area contributed by atoms with E-state index in [9.17, 15) is 17.6 Å². The molecule has 1 aliphatic carbocycles. The Bertz CT molecular complexity index is 1080. The average Bonchev–Trinajstić information content (AvgIpc) is 2.99. The molecule has 1 heterocycles. The van der Waals surface area contributed by atoms with Gasteiger partial charge in [-0.3, -0.25) is 0 Å². The maximum atomic E-state index is 13.8. The molecule has 0 saturated carbocycles. The quantitative estimate of drug-likeness (QED) is 0.573. The standard InChI is InChI=1S/C20H20FNO4S/c1-3-26-19(23)11-10-15-14-22(18-9-5-4-8-17(15)18)27(24,25)20(2)12-6-7-16(21)13-20/h4-11,13-14H,3,12H2,1-2H3/b11-10+. The van der Waals surface area contributed by atoms with Crippen molar-refractivity contribution in [2.75, 3.05) is 6.61 Å². The van der Waals surface area contributed by atoms with Gasteiger partial charge in [0.1, 0.15) is 10.6 Å². The predicted molar refractivity (Wildman–Crippen MR) is 103 cm³/mol. The van der Waals surface area contributed by atoms with Crippen LogP contribution in [0.25, 0.3) is 17.0 Å². The summed E-state index contributed by atoms with van der Waals surface area (Å²) in [6.45, 7) is 3.45. The van der Waals surface area contributed by atoms with Crippen molar-refractivity contribution in [2.24, 2.45) is 0 Å². The number of carbonyl (C=O) groups is 1. The molecule has 1 aromatic carbocycles. The lowest BCUT2D eigenvalue weighted by atomic mass is 10.0. The molecular weight excluding hydrogens is 369 g/mol. The fraction of sp³-hybridized carbons (Fsp3) is 0.250. The van der Waals surface area contributed by atoms with Crippen molar-refractivity contribution >= 4 is 33.0 Å². The van der Waals surface area contributed by atoms with E-state index < -0.39 is 26.6 Å². The summed E-state index contributed by atoms with van der Waals surface area (Å²) >= 11 is 0. The Morgan fingerprint density at radius 1 is 1.37 bits per heavy atom. The van der Waals surface area contributed by atoms with E-state index in [0.717, 1.165) is 10.0 Å². The highest BCUT2D eigenvalue weighted by Gasteiger charge is 2.40. The number of benzene rings is 1. The van der Waals surface area contributed by atoms with Crippen LogP contribution in [0.4, 0.5) is 4.39 Å². The Morgan fingerprint density at radius 3 is 2.81 bits per heavy atom. The van der Waals surface area contributed by atoms with Gasteiger partial charge in [0, 0.05) is 23.2 Å². The molecule has 0 saturated heterocycles. The minimum Gasteiger partial charge on any atom is -0.463 e. The molecule has 0 aliphatic heterocycles. The van der Waals surface area contributed by atoms with Gasteiger partial charge < -0.3 is 4.74 Å². The molecule has 0 amide bonds. The Morgan fingerprint density at radius 2 is 2.11 bits per heavy atom. The third-order valence-electron chi connectivity index (χ3n) is 4.49. The van der Waals surface area contributed by atoms with Crippen LogP contribution >= 0.6 is 0 Å². The van der Waals surface area contributed by atoms with E-state index in [1.54, 1.807) is 31.2 Å². The van der Waals surface area contributed by atoms with Crippen LogP contribution in [0.1, 0.15) is 25.8 Å². The van der Waals surface area contributed by atoms with Crippen LogP contribution in [0.2, 0.25) is 0 Å². The van der Waals surface area contributed by atoms with Gasteiger partial charge in [-0.15, -0.1) is 0 Å². The fourth-order valence-electron chi connectivity index (χ4n) is 3.06. The average molecular weight is 389 g/mol. The van der Waals surface area contributed by atoms with Crippen LogP contribution < -0.4 is 0 Å². The number of ether oxygens (including phenoxy) is 1. The van der Waals surface area contributed by atoms with Crippen molar-refractivity contribution in [2.45, 2.75) is 25.0 Å². The summed E-state index contributed by atoms with van der Waals surface area (Å²) in [5, 5.41) is 0.668. The van der Waals surface area contributed by atoms with Gasteiger partial charge >= 0.3 is 5.97 Å². The molecule has 27 heavy (non-hydrogen) atoms. The van der Waals surface area contributed by atoms with Gasteiger partial charge in [-0.25, -0.2) is 21.6 Å². The number of hydrogen-bond acceptors (Lipinski definition) is 4. The van der Waals surface area contributed by atoms with Gasteiger partial charge in [0.2, 0.25) is 10.0 Å². The van der Waals surface area contributed by atoms with Gasteiger partial charge in [-0.05, 0) is 44.6 Å². The lowest BCUT2D eigenvalue weighted by Gasteiger charge is -2.27. The summed E-state index contributed by atoms with van der Waals surface area (Å²) in [6, 6.07) is 6.96. The van der Waals surface area contributed by atoms with Gasteiger partial charge in [0.05, 0.1) is 12.1 Å². The number of hydrogen-bond donors (Lipinski definition) is 0. The Balaban J connectivity index is 2.13. The van der Waals surface area contributed by atoms with Crippen molar-refractivity contribution < 1.29 is 22.3 Å². The SMILES string of the molecule is CCOC(=O)/C=C/c1cn(S(=O)(=O)C2(C)C=C(F)C=CC2)c2ccccc12. The minimum absolute atomic E-state index is 0.170. The molecule has 1 aliphatic rings. The van der Waals surface area contributed by atoms with Crippen LogP contribution in [-0.4, -0.2) is 29.7 Å². The summed E-state index contributed by atoms with van der Waals surface area (Å²) in [6.07, 6.45) is 8.30. The van der Waals surface area contributed by atoms with Crippen molar-refractivity contribution in [3.8, 4) is 0 Å². The molecule has 1 unspecified atom stereocenters. The third kappa shape index (κ3) is 3.47. The topological polar surface area (TPSA) is 65.4 Å². The summed E-state index contributed by atoms with van der Waals surface area (Å²) < 4.78 is 45.0. The van der Waals surface area contributed by atoms with Crippen LogP contribution in [0.3, 0.4) is 0 Å². The highest BCUT2D eigenvalue weighted by Crippen LogP contribution is 2.34. The molecule has 0 N–H and O–H groups in total. The molecular formula is C20H20FNO4S. The van der Waals surface area contributed by atoms with E-state index in [1.807, 2.05) is 0 Å². The number of rotatable bonds is 5. The summed E-state index contributed by atoms with van der Waals surface area (Å²) in [4.78, 5) is 11.6. The van der Waals surface area contributed by atoms with Crippen molar-refractivity contribution in [3.05, 3.63) is 66.2 Å². The van der Waals surface area contributed by atoms with Gasteiger partial charge in [0.25, 0.3) is 0 Å². The van der Waals surface area contributed by atoms with E-state index in [0.29, 0.717) is 16.5 Å². The largest absolute Gasteiger partial charge is 0.463 e. The number of para-hydroxylation sites is 1. The lowest BCUT2D eigenvalue weighted by Crippen LogP contribution is -2.38. The number of halogens is 1. The first-order chi connectivity index (χ1) is 12.8. The molecule has 7 heteroatoms. The van der Waals surface area contributed by atoms with Crippen molar-refractivity contribution in [1.82, 2.24) is 3.97 Å². The Hall–Kier alpha value is -2.67. The second kappa shape index (κ2) is 7.15. The van der Waals surface area contributed by atoms with Crippen molar-refractivity contribution in [3.63, 3.8) is 0 Å². The molecule has 0 radical (unpaired) electrons.